The number of aromatic nitrogens is 1. The summed E-state index contributed by atoms with van der Waals surface area (Å²) < 4.78 is 128. The van der Waals surface area contributed by atoms with Gasteiger partial charge in [-0.25, -0.2) is 13.6 Å². The molecule has 0 unspecified atom stereocenters. The summed E-state index contributed by atoms with van der Waals surface area (Å²) in [5.74, 6) is -3.17. The van der Waals surface area contributed by atoms with Crippen LogP contribution in [-0.2, 0) is 12.0 Å². The van der Waals surface area contributed by atoms with Crippen LogP contribution >= 0.6 is 0 Å². The number of rotatable bonds is 9. The molecule has 1 aromatic heterocycles. The van der Waals surface area contributed by atoms with E-state index in [1.165, 1.54) is 13.0 Å². The van der Waals surface area contributed by atoms with Crippen molar-refractivity contribution in [3.05, 3.63) is 82.7 Å². The van der Waals surface area contributed by atoms with E-state index < -0.39 is 66.2 Å². The van der Waals surface area contributed by atoms with Gasteiger partial charge in [0.1, 0.15) is 29.7 Å². The Bertz CT molecular complexity index is 1260. The molecule has 2 N–H and O–H groups in total. The molecule has 3 rings (SSSR count). The van der Waals surface area contributed by atoms with Crippen LogP contribution in [0.2, 0.25) is 0 Å². The highest BCUT2D eigenvalue weighted by molar-refractivity contribution is 5.76. The second kappa shape index (κ2) is 10.8. The van der Waals surface area contributed by atoms with E-state index in [0.29, 0.717) is 23.9 Å². The van der Waals surface area contributed by atoms with Crippen LogP contribution in [0.4, 0.5) is 44.3 Å². The smallest absolute Gasteiger partial charge is 0.428 e. The lowest BCUT2D eigenvalue weighted by Gasteiger charge is -2.36. The number of hydrogen-bond acceptors (Lipinski definition) is 4. The Morgan fingerprint density at radius 2 is 1.63 bits per heavy atom. The van der Waals surface area contributed by atoms with E-state index >= 15 is 0 Å². The van der Waals surface area contributed by atoms with Gasteiger partial charge >= 0.3 is 24.7 Å². The molecule has 2 amide bonds. The Morgan fingerprint density at radius 3 is 2.18 bits per heavy atom. The van der Waals surface area contributed by atoms with E-state index in [9.17, 15) is 44.3 Å². The van der Waals surface area contributed by atoms with Crippen LogP contribution in [0, 0.1) is 18.6 Å². The molecule has 206 valence electrons. The third kappa shape index (κ3) is 7.10. The van der Waals surface area contributed by atoms with Crippen LogP contribution in [0.1, 0.15) is 22.6 Å². The molecule has 1 atom stereocenters. The number of carbonyl (C=O) groups is 1. The predicted molar refractivity (Wildman–Crippen MR) is 113 cm³/mol. The first-order valence-corrected chi connectivity index (χ1v) is 10.6. The predicted octanol–water partition coefficient (Wildman–Crippen LogP) is 5.85. The maximum absolute atomic E-state index is 14.6. The van der Waals surface area contributed by atoms with Crippen LogP contribution in [0.25, 0.3) is 0 Å². The third-order valence-corrected chi connectivity index (χ3v) is 5.10. The molecule has 0 saturated carbocycles. The third-order valence-electron chi connectivity index (χ3n) is 5.10. The van der Waals surface area contributed by atoms with Crippen molar-refractivity contribution in [1.29, 1.82) is 0 Å². The number of amides is 2. The number of ether oxygens (including phenoxy) is 1. The van der Waals surface area contributed by atoms with Gasteiger partial charge in [0, 0.05) is 18.6 Å². The van der Waals surface area contributed by atoms with Gasteiger partial charge in [-0.1, -0.05) is 17.3 Å². The lowest BCUT2D eigenvalue weighted by molar-refractivity contribution is -0.253. The molecule has 15 heteroatoms. The molecule has 0 aliphatic heterocycles. The Hall–Kier alpha value is -3.91. The molecule has 38 heavy (non-hydrogen) atoms. The first-order valence-electron chi connectivity index (χ1n) is 10.6. The summed E-state index contributed by atoms with van der Waals surface area (Å²) in [5, 5.41) is 7.46. The van der Waals surface area contributed by atoms with Gasteiger partial charge < -0.3 is 19.9 Å². The second-order valence-corrected chi connectivity index (χ2v) is 8.09. The van der Waals surface area contributed by atoms with Crippen LogP contribution in [0.5, 0.6) is 5.75 Å². The molecule has 3 aromatic rings. The number of urea groups is 1. The van der Waals surface area contributed by atoms with Gasteiger partial charge in [-0.3, -0.25) is 0 Å². The Morgan fingerprint density at radius 1 is 0.974 bits per heavy atom. The summed E-state index contributed by atoms with van der Waals surface area (Å²) in [6.07, 6.45) is -14.7. The number of carbonyl (C=O) groups excluding carboxylic acids is 1. The number of alkyl halides is 7. The van der Waals surface area contributed by atoms with Crippen molar-refractivity contribution in [2.24, 2.45) is 0 Å². The first kappa shape index (κ1) is 28.7. The SMILES string of the molecule is Cc1cc(C[C@@](NC(=O)NCC(F)(F)F)(c2ccc(F)cc2)c2cc(F)cc(OC(F)(F)C(F)F)c2)on1. The monoisotopic (exact) mass is 555 g/mol. The average Bonchev–Trinajstić information content (AvgIpc) is 3.20. The van der Waals surface area contributed by atoms with Crippen LogP contribution in [0.3, 0.4) is 0 Å². The van der Waals surface area contributed by atoms with Crippen LogP contribution < -0.4 is 15.4 Å². The maximum atomic E-state index is 14.6. The number of hydrogen-bond donors (Lipinski definition) is 2. The highest BCUT2D eigenvalue weighted by Crippen LogP contribution is 2.38. The molecular formula is C23H18F9N3O3. The fraction of sp³-hybridized carbons (Fsp3) is 0.304. The van der Waals surface area contributed by atoms with Crippen molar-refractivity contribution in [3.63, 3.8) is 0 Å². The molecule has 6 nitrogen and oxygen atoms in total. The summed E-state index contributed by atoms with van der Waals surface area (Å²) in [4.78, 5) is 12.6. The zero-order chi connectivity index (χ0) is 28.3. The normalized spacial score (nSPS) is 13.8. The summed E-state index contributed by atoms with van der Waals surface area (Å²) in [6.45, 7) is -0.269. The van der Waals surface area contributed by atoms with Gasteiger partial charge in [0.25, 0.3) is 0 Å². The minimum Gasteiger partial charge on any atom is -0.428 e. The molecule has 0 saturated heterocycles. The van der Waals surface area contributed by atoms with Crippen molar-refractivity contribution in [1.82, 2.24) is 15.8 Å². The summed E-state index contributed by atoms with van der Waals surface area (Å²) in [7, 11) is 0. The Balaban J connectivity index is 2.21. The van der Waals surface area contributed by atoms with E-state index in [2.05, 4.69) is 15.2 Å². The first-order chi connectivity index (χ1) is 17.6. The van der Waals surface area contributed by atoms with E-state index in [1.807, 2.05) is 0 Å². The van der Waals surface area contributed by atoms with E-state index in [0.717, 1.165) is 24.3 Å². The number of halogens is 9. The van der Waals surface area contributed by atoms with Crippen molar-refractivity contribution in [2.75, 3.05) is 6.54 Å². The molecule has 0 bridgehead atoms. The van der Waals surface area contributed by atoms with Crippen LogP contribution in [-0.4, -0.2) is 36.4 Å². The topological polar surface area (TPSA) is 76.4 Å². The summed E-state index contributed by atoms with van der Waals surface area (Å²) in [6, 6.07) is 5.63. The summed E-state index contributed by atoms with van der Waals surface area (Å²) >= 11 is 0. The maximum Gasteiger partial charge on any atom is 0.461 e. The minimum absolute atomic E-state index is 0.0208. The quantitative estimate of drug-likeness (QED) is 0.325. The Kier molecular flexibility index (Phi) is 8.17. The molecule has 0 aliphatic rings. The van der Waals surface area contributed by atoms with E-state index in [1.54, 1.807) is 5.32 Å². The van der Waals surface area contributed by atoms with E-state index in [-0.39, 0.29) is 11.3 Å². The fourth-order valence-electron chi connectivity index (χ4n) is 3.54. The number of aryl methyl sites for hydroxylation is 1. The second-order valence-electron chi connectivity index (χ2n) is 8.09. The molecule has 0 radical (unpaired) electrons. The van der Waals surface area contributed by atoms with Gasteiger partial charge in [-0.15, -0.1) is 0 Å². The van der Waals surface area contributed by atoms with Crippen molar-refractivity contribution in [3.8, 4) is 5.75 Å². The fourth-order valence-corrected chi connectivity index (χ4v) is 3.54. The van der Waals surface area contributed by atoms with Crippen LogP contribution in [0.15, 0.2) is 53.1 Å². The zero-order valence-corrected chi connectivity index (χ0v) is 19.2. The lowest BCUT2D eigenvalue weighted by Crippen LogP contribution is -2.53. The van der Waals surface area contributed by atoms with Gasteiger partial charge in [0.05, 0.1) is 11.2 Å². The highest BCUT2D eigenvalue weighted by Gasteiger charge is 2.45. The average molecular weight is 555 g/mol. The molecule has 2 aromatic carbocycles. The largest absolute Gasteiger partial charge is 0.461 e. The molecule has 0 aliphatic carbocycles. The van der Waals surface area contributed by atoms with Gasteiger partial charge in [0.2, 0.25) is 0 Å². The van der Waals surface area contributed by atoms with E-state index in [4.69, 9.17) is 4.52 Å². The van der Waals surface area contributed by atoms with Crippen molar-refractivity contribution < 1.29 is 53.6 Å². The number of nitrogens with one attached hydrogen (secondary N) is 2. The lowest BCUT2D eigenvalue weighted by atomic mass is 9.79. The molecule has 0 spiro atoms. The molecule has 1 heterocycles. The standard InChI is InChI=1S/C23H18F9N3O3/c1-12-6-18(38-35-12)10-21(13-2-4-15(24)5-3-13,34-20(36)33-11-22(28,29)30)14-7-16(25)9-17(8-14)37-23(31,32)19(26)27/h2-9,19H,10-11H2,1H3,(H2,33,34,36)/t21-/m1/s1. The minimum atomic E-state index is -5.04. The molecule has 0 fully saturated rings. The van der Waals surface area contributed by atoms with Gasteiger partial charge in [0.15, 0.2) is 0 Å². The van der Waals surface area contributed by atoms with Crippen molar-refractivity contribution in [2.45, 2.75) is 37.6 Å². The van der Waals surface area contributed by atoms with Crippen molar-refractivity contribution >= 4 is 6.03 Å². The Labute approximate surface area is 208 Å². The highest BCUT2D eigenvalue weighted by atomic mass is 19.4. The molecular weight excluding hydrogens is 537 g/mol. The van der Waals surface area contributed by atoms with Gasteiger partial charge in [-0.2, -0.15) is 30.7 Å². The number of nitrogens with zero attached hydrogens (tertiary/aromatic N) is 1. The zero-order valence-electron chi connectivity index (χ0n) is 19.2. The van der Waals surface area contributed by atoms with Gasteiger partial charge in [-0.05, 0) is 42.3 Å². The summed E-state index contributed by atoms with van der Waals surface area (Å²) in [5.41, 5.74) is -2.34. The number of benzene rings is 2.